The van der Waals surface area contributed by atoms with Crippen LogP contribution >= 0.6 is 0 Å². The van der Waals surface area contributed by atoms with Crippen molar-refractivity contribution in [3.05, 3.63) is 12.3 Å². The fourth-order valence-electron chi connectivity index (χ4n) is 1.55. The molecule has 1 saturated heterocycles. The molecule has 0 bridgehead atoms. The van der Waals surface area contributed by atoms with Crippen molar-refractivity contribution in [1.82, 2.24) is 0 Å². The van der Waals surface area contributed by atoms with Gasteiger partial charge < -0.3 is 9.47 Å². The van der Waals surface area contributed by atoms with Crippen molar-refractivity contribution in [2.75, 3.05) is 13.2 Å². The first-order valence-electron chi connectivity index (χ1n) is 4.70. The molecule has 0 N–H and O–H groups in total. The maximum absolute atomic E-state index is 5.68. The van der Waals surface area contributed by atoms with Gasteiger partial charge >= 0.3 is 0 Å². The third-order valence-electron chi connectivity index (χ3n) is 2.41. The van der Waals surface area contributed by atoms with Gasteiger partial charge in [0.1, 0.15) is 12.2 Å². The molecule has 0 spiro atoms. The summed E-state index contributed by atoms with van der Waals surface area (Å²) in [6.07, 6.45) is 7.00. The summed E-state index contributed by atoms with van der Waals surface area (Å²) in [5.41, 5.74) is 0.0134. The molecule has 0 aromatic carbocycles. The number of hydrogen-bond acceptors (Lipinski definition) is 2. The predicted molar refractivity (Wildman–Crippen MR) is 49.0 cm³/mol. The van der Waals surface area contributed by atoms with Crippen LogP contribution in [0.2, 0.25) is 0 Å². The quantitative estimate of drug-likeness (QED) is 0.603. The lowest BCUT2D eigenvalue weighted by atomic mass is 9.98. The Morgan fingerprint density at radius 2 is 2.42 bits per heavy atom. The van der Waals surface area contributed by atoms with Crippen molar-refractivity contribution >= 4 is 0 Å². The van der Waals surface area contributed by atoms with E-state index in [-0.39, 0.29) is 5.60 Å². The second-order valence-electron chi connectivity index (χ2n) is 3.27. The molecule has 1 atom stereocenters. The summed E-state index contributed by atoms with van der Waals surface area (Å²) in [4.78, 5) is 0. The first kappa shape index (κ1) is 9.59. The van der Waals surface area contributed by atoms with Gasteiger partial charge in [-0.05, 0) is 26.2 Å². The van der Waals surface area contributed by atoms with Gasteiger partial charge in [-0.15, -0.1) is 0 Å². The van der Waals surface area contributed by atoms with Gasteiger partial charge in [-0.25, -0.2) is 0 Å². The molecule has 12 heavy (non-hydrogen) atoms. The SMILES string of the molecule is C/C=C/OCC1(CC)CCCO1. The lowest BCUT2D eigenvalue weighted by molar-refractivity contribution is -0.0445. The minimum atomic E-state index is 0.0134. The second-order valence-corrected chi connectivity index (χ2v) is 3.27. The average Bonchev–Trinajstić information content (AvgIpc) is 2.55. The van der Waals surface area contributed by atoms with Crippen molar-refractivity contribution in [3.8, 4) is 0 Å². The molecule has 0 aliphatic carbocycles. The smallest absolute Gasteiger partial charge is 0.116 e. The maximum Gasteiger partial charge on any atom is 0.116 e. The van der Waals surface area contributed by atoms with E-state index >= 15 is 0 Å². The first-order chi connectivity index (χ1) is 5.83. The highest BCUT2D eigenvalue weighted by Gasteiger charge is 2.33. The van der Waals surface area contributed by atoms with E-state index in [0.717, 1.165) is 19.4 Å². The van der Waals surface area contributed by atoms with Crippen molar-refractivity contribution in [1.29, 1.82) is 0 Å². The van der Waals surface area contributed by atoms with Crippen LogP contribution in [0.1, 0.15) is 33.1 Å². The highest BCUT2D eigenvalue weighted by Crippen LogP contribution is 2.29. The topological polar surface area (TPSA) is 18.5 Å². The van der Waals surface area contributed by atoms with Gasteiger partial charge in [0.05, 0.1) is 6.26 Å². The highest BCUT2D eigenvalue weighted by molar-refractivity contribution is 4.84. The summed E-state index contributed by atoms with van der Waals surface area (Å²) in [5.74, 6) is 0. The van der Waals surface area contributed by atoms with Gasteiger partial charge in [-0.1, -0.05) is 13.0 Å². The highest BCUT2D eigenvalue weighted by atomic mass is 16.5. The Balaban J connectivity index is 2.33. The zero-order valence-corrected chi connectivity index (χ0v) is 8.01. The van der Waals surface area contributed by atoms with Crippen molar-refractivity contribution < 1.29 is 9.47 Å². The average molecular weight is 170 g/mol. The van der Waals surface area contributed by atoms with E-state index in [4.69, 9.17) is 9.47 Å². The number of rotatable bonds is 4. The van der Waals surface area contributed by atoms with Gasteiger partial charge in [-0.3, -0.25) is 0 Å². The molecule has 0 amide bonds. The largest absolute Gasteiger partial charge is 0.499 e. The van der Waals surface area contributed by atoms with Gasteiger partial charge in [-0.2, -0.15) is 0 Å². The van der Waals surface area contributed by atoms with E-state index in [2.05, 4.69) is 6.92 Å². The Morgan fingerprint density at radius 3 is 2.92 bits per heavy atom. The molecule has 1 aliphatic heterocycles. The summed E-state index contributed by atoms with van der Waals surface area (Å²) in [6, 6.07) is 0. The first-order valence-corrected chi connectivity index (χ1v) is 4.70. The molecular weight excluding hydrogens is 152 g/mol. The minimum absolute atomic E-state index is 0.0134. The molecule has 1 rings (SSSR count). The second kappa shape index (κ2) is 4.51. The van der Waals surface area contributed by atoms with Crippen molar-refractivity contribution in [3.63, 3.8) is 0 Å². The standard InChI is InChI=1S/C10H18O2/c1-3-7-11-9-10(4-2)6-5-8-12-10/h3,7H,4-6,8-9H2,1-2H3/b7-3+. The van der Waals surface area contributed by atoms with E-state index in [9.17, 15) is 0 Å². The monoisotopic (exact) mass is 170 g/mol. The fourth-order valence-corrected chi connectivity index (χ4v) is 1.55. The zero-order valence-electron chi connectivity index (χ0n) is 8.01. The molecule has 0 aromatic heterocycles. The molecule has 2 nitrogen and oxygen atoms in total. The van der Waals surface area contributed by atoms with Crippen LogP contribution in [0.25, 0.3) is 0 Å². The van der Waals surface area contributed by atoms with Crippen LogP contribution in [-0.2, 0) is 9.47 Å². The Kier molecular flexibility index (Phi) is 3.60. The van der Waals surface area contributed by atoms with Crippen LogP contribution in [0.5, 0.6) is 0 Å². The van der Waals surface area contributed by atoms with E-state index < -0.39 is 0 Å². The van der Waals surface area contributed by atoms with E-state index in [1.165, 1.54) is 6.42 Å². The van der Waals surface area contributed by atoms with Gasteiger partial charge in [0.15, 0.2) is 0 Å². The number of ether oxygens (including phenoxy) is 2. The summed E-state index contributed by atoms with van der Waals surface area (Å²) in [6.45, 7) is 5.71. The van der Waals surface area contributed by atoms with Crippen LogP contribution in [0.4, 0.5) is 0 Å². The fraction of sp³-hybridized carbons (Fsp3) is 0.800. The van der Waals surface area contributed by atoms with Gasteiger partial charge in [0, 0.05) is 6.61 Å². The predicted octanol–water partition coefficient (Wildman–Crippen LogP) is 2.50. The molecule has 0 radical (unpaired) electrons. The Bertz CT molecular complexity index is 146. The lowest BCUT2D eigenvalue weighted by Gasteiger charge is -2.25. The number of allylic oxidation sites excluding steroid dienone is 1. The summed E-state index contributed by atoms with van der Waals surface area (Å²) in [5, 5.41) is 0. The summed E-state index contributed by atoms with van der Waals surface area (Å²) < 4.78 is 11.0. The Morgan fingerprint density at radius 1 is 1.58 bits per heavy atom. The molecule has 1 heterocycles. The molecule has 2 heteroatoms. The molecule has 1 fully saturated rings. The van der Waals surface area contributed by atoms with Crippen LogP contribution in [-0.4, -0.2) is 18.8 Å². The summed E-state index contributed by atoms with van der Waals surface area (Å²) >= 11 is 0. The number of hydrogen-bond donors (Lipinski definition) is 0. The molecule has 0 saturated carbocycles. The van der Waals surface area contributed by atoms with E-state index in [0.29, 0.717) is 6.61 Å². The summed E-state index contributed by atoms with van der Waals surface area (Å²) in [7, 11) is 0. The Hall–Kier alpha value is -0.500. The van der Waals surface area contributed by atoms with E-state index in [1.54, 1.807) is 6.26 Å². The molecule has 1 aliphatic rings. The van der Waals surface area contributed by atoms with E-state index in [1.807, 2.05) is 13.0 Å². The zero-order chi connectivity index (χ0) is 8.86. The third kappa shape index (κ3) is 2.24. The van der Waals surface area contributed by atoms with Gasteiger partial charge in [0.2, 0.25) is 0 Å². The van der Waals surface area contributed by atoms with Crippen molar-refractivity contribution in [2.45, 2.75) is 38.7 Å². The maximum atomic E-state index is 5.68. The van der Waals surface area contributed by atoms with Crippen LogP contribution in [0.15, 0.2) is 12.3 Å². The Labute approximate surface area is 74.6 Å². The minimum Gasteiger partial charge on any atom is -0.499 e. The van der Waals surface area contributed by atoms with Crippen LogP contribution in [0.3, 0.4) is 0 Å². The normalized spacial score (nSPS) is 29.8. The van der Waals surface area contributed by atoms with Gasteiger partial charge in [0.25, 0.3) is 0 Å². The van der Waals surface area contributed by atoms with Crippen molar-refractivity contribution in [2.24, 2.45) is 0 Å². The van der Waals surface area contributed by atoms with Crippen LogP contribution < -0.4 is 0 Å². The molecule has 0 aromatic rings. The van der Waals surface area contributed by atoms with Crippen LogP contribution in [0, 0.1) is 0 Å². The third-order valence-corrected chi connectivity index (χ3v) is 2.41. The molecule has 1 unspecified atom stereocenters. The molecular formula is C10H18O2. The lowest BCUT2D eigenvalue weighted by Crippen LogP contribution is -2.32. The molecule has 70 valence electrons.